The van der Waals surface area contributed by atoms with E-state index < -0.39 is 0 Å². The fraction of sp³-hybridized carbons (Fsp3) is 0.0625. The number of rotatable bonds is 1. The summed E-state index contributed by atoms with van der Waals surface area (Å²) in [5.74, 6) is 0. The summed E-state index contributed by atoms with van der Waals surface area (Å²) in [6.45, 7) is 2.21. The molecule has 0 nitrogen and oxygen atoms in total. The zero-order chi connectivity index (χ0) is 11.7. The number of benzene rings is 2. The summed E-state index contributed by atoms with van der Waals surface area (Å²) < 4.78 is 2.98. The molecule has 0 saturated carbocycles. The second-order valence-corrected chi connectivity index (χ2v) is 6.43. The van der Waals surface area contributed by atoms with Gasteiger partial charge in [0.15, 0.2) is 0 Å². The molecule has 1 aliphatic rings. The van der Waals surface area contributed by atoms with Crippen molar-refractivity contribution >= 4 is 24.6 Å². The SMILES string of the molecule is CC1=c2ccccc2=[Se]C(c2ccccc2)=C1. The molecule has 0 saturated heterocycles. The molecule has 1 heterocycles. The Bertz CT molecular complexity index is 694. The normalized spacial score (nSPS) is 13.7. The van der Waals surface area contributed by atoms with Crippen LogP contribution in [0.15, 0.2) is 60.7 Å². The van der Waals surface area contributed by atoms with Crippen LogP contribution in [0.25, 0.3) is 10.0 Å². The Labute approximate surface area is 107 Å². The third-order valence-corrected chi connectivity index (χ3v) is 5.35. The minimum atomic E-state index is 0.428. The van der Waals surface area contributed by atoms with E-state index in [2.05, 4.69) is 67.6 Å². The Morgan fingerprint density at radius 3 is 2.35 bits per heavy atom. The predicted octanol–water partition coefficient (Wildman–Crippen LogP) is 2.87. The maximum absolute atomic E-state index is 2.34. The van der Waals surface area contributed by atoms with E-state index in [1.807, 2.05) is 0 Å². The first-order valence-electron chi connectivity index (χ1n) is 5.72. The van der Waals surface area contributed by atoms with Crippen molar-refractivity contribution < 1.29 is 0 Å². The molecular formula is C16H13Se. The Morgan fingerprint density at radius 1 is 0.824 bits per heavy atom. The molecule has 1 heteroatoms. The molecule has 0 unspecified atom stereocenters. The maximum atomic E-state index is 2.34. The molecule has 0 fully saturated rings. The summed E-state index contributed by atoms with van der Waals surface area (Å²) in [6, 6.07) is 19.5. The Balaban J connectivity index is 2.23. The van der Waals surface area contributed by atoms with Crippen molar-refractivity contribution in [1.82, 2.24) is 0 Å². The predicted molar refractivity (Wildman–Crippen MR) is 74.2 cm³/mol. The van der Waals surface area contributed by atoms with Gasteiger partial charge in [0.05, 0.1) is 0 Å². The van der Waals surface area contributed by atoms with Crippen LogP contribution in [0.1, 0.15) is 12.5 Å². The summed E-state index contributed by atoms with van der Waals surface area (Å²) >= 11 is 0.428. The number of fused-ring (bicyclic) bond motifs is 1. The molecule has 0 aromatic heterocycles. The van der Waals surface area contributed by atoms with Gasteiger partial charge in [-0.2, -0.15) is 0 Å². The van der Waals surface area contributed by atoms with Crippen LogP contribution in [-0.2, 0) is 0 Å². The first kappa shape index (κ1) is 10.7. The molecule has 0 N–H and O–H groups in total. The van der Waals surface area contributed by atoms with Crippen LogP contribution in [0.2, 0.25) is 0 Å². The number of hydrogen-bond donors (Lipinski definition) is 0. The van der Waals surface area contributed by atoms with Gasteiger partial charge in [0.1, 0.15) is 0 Å². The van der Waals surface area contributed by atoms with Gasteiger partial charge in [-0.1, -0.05) is 0 Å². The molecule has 1 aliphatic heterocycles. The molecule has 83 valence electrons. The zero-order valence-electron chi connectivity index (χ0n) is 9.68. The van der Waals surface area contributed by atoms with Crippen molar-refractivity contribution in [3.63, 3.8) is 0 Å². The second-order valence-electron chi connectivity index (χ2n) is 4.16. The molecular weight excluding hydrogens is 271 g/mol. The van der Waals surface area contributed by atoms with Crippen molar-refractivity contribution in [3.8, 4) is 0 Å². The van der Waals surface area contributed by atoms with Crippen LogP contribution >= 0.6 is 0 Å². The van der Waals surface area contributed by atoms with Crippen molar-refractivity contribution in [2.24, 2.45) is 0 Å². The first-order valence-corrected chi connectivity index (χ1v) is 7.44. The molecule has 0 bridgehead atoms. The fourth-order valence-electron chi connectivity index (χ4n) is 2.05. The van der Waals surface area contributed by atoms with Gasteiger partial charge in [-0.15, -0.1) is 0 Å². The number of allylic oxidation sites excluding steroid dienone is 1. The summed E-state index contributed by atoms with van der Waals surface area (Å²) in [5.41, 5.74) is 2.74. The van der Waals surface area contributed by atoms with E-state index in [1.54, 1.807) is 0 Å². The van der Waals surface area contributed by atoms with Crippen molar-refractivity contribution in [1.29, 1.82) is 0 Å². The number of hydrogen-bond acceptors (Lipinski definition) is 0. The van der Waals surface area contributed by atoms with Crippen molar-refractivity contribution in [2.75, 3.05) is 0 Å². The monoisotopic (exact) mass is 285 g/mol. The third-order valence-electron chi connectivity index (χ3n) is 2.94. The minimum absolute atomic E-state index is 0.428. The van der Waals surface area contributed by atoms with Gasteiger partial charge >= 0.3 is 107 Å². The van der Waals surface area contributed by atoms with Gasteiger partial charge in [0, 0.05) is 0 Å². The van der Waals surface area contributed by atoms with E-state index in [1.165, 1.54) is 24.9 Å². The van der Waals surface area contributed by atoms with E-state index >= 15 is 0 Å². The molecule has 1 radical (unpaired) electrons. The van der Waals surface area contributed by atoms with E-state index in [9.17, 15) is 0 Å². The van der Waals surface area contributed by atoms with Gasteiger partial charge in [-0.05, 0) is 0 Å². The topological polar surface area (TPSA) is 0 Å². The molecule has 0 amide bonds. The molecule has 2 aromatic rings. The van der Waals surface area contributed by atoms with Crippen LogP contribution in [0, 0.1) is 4.06 Å². The Hall–Kier alpha value is -1.43. The average Bonchev–Trinajstić information content (AvgIpc) is 2.40. The Kier molecular flexibility index (Phi) is 2.80. The van der Waals surface area contributed by atoms with Crippen molar-refractivity contribution in [3.05, 3.63) is 75.5 Å². The van der Waals surface area contributed by atoms with E-state index in [0.29, 0.717) is 14.5 Å². The summed E-state index contributed by atoms with van der Waals surface area (Å²) in [4.78, 5) is 0. The zero-order valence-corrected chi connectivity index (χ0v) is 11.4. The van der Waals surface area contributed by atoms with Crippen LogP contribution in [0.3, 0.4) is 0 Å². The first-order chi connectivity index (χ1) is 8.34. The van der Waals surface area contributed by atoms with E-state index in [4.69, 9.17) is 0 Å². The van der Waals surface area contributed by atoms with Gasteiger partial charge < -0.3 is 0 Å². The van der Waals surface area contributed by atoms with Gasteiger partial charge in [0.25, 0.3) is 0 Å². The second kappa shape index (κ2) is 4.44. The van der Waals surface area contributed by atoms with Crippen LogP contribution in [-0.4, -0.2) is 14.5 Å². The van der Waals surface area contributed by atoms with Crippen LogP contribution in [0.4, 0.5) is 0 Å². The molecule has 0 spiro atoms. The molecule has 0 atom stereocenters. The molecule has 2 aromatic carbocycles. The fourth-order valence-corrected chi connectivity index (χ4v) is 4.59. The van der Waals surface area contributed by atoms with Gasteiger partial charge in [0.2, 0.25) is 0 Å². The van der Waals surface area contributed by atoms with Crippen LogP contribution in [0.5, 0.6) is 0 Å². The summed E-state index contributed by atoms with van der Waals surface area (Å²) in [5, 5.41) is 1.42. The van der Waals surface area contributed by atoms with E-state index in [-0.39, 0.29) is 0 Å². The summed E-state index contributed by atoms with van der Waals surface area (Å²) in [6.07, 6.45) is 2.34. The average molecular weight is 284 g/mol. The molecule has 17 heavy (non-hydrogen) atoms. The van der Waals surface area contributed by atoms with Gasteiger partial charge in [-0.3, -0.25) is 0 Å². The Morgan fingerprint density at radius 2 is 1.53 bits per heavy atom. The molecule has 3 rings (SSSR count). The third kappa shape index (κ3) is 2.04. The van der Waals surface area contributed by atoms with E-state index in [0.717, 1.165) is 0 Å². The standard InChI is InChI=1S/C16H13Se/c1-12-11-16(13-7-3-2-4-8-13)17-15-10-6-5-9-14(12)15/h2-11H,1H3. The summed E-state index contributed by atoms with van der Waals surface area (Å²) in [7, 11) is 0. The van der Waals surface area contributed by atoms with Crippen LogP contribution < -0.4 is 5.22 Å². The molecule has 0 aliphatic carbocycles. The quantitative estimate of drug-likeness (QED) is 0.706. The van der Waals surface area contributed by atoms with Gasteiger partial charge in [-0.25, -0.2) is 0 Å². The van der Waals surface area contributed by atoms with Crippen molar-refractivity contribution in [2.45, 2.75) is 6.92 Å².